The number of aromatic nitrogens is 5. The van der Waals surface area contributed by atoms with Crippen LogP contribution in [0.15, 0.2) is 158 Å². The zero-order valence-corrected chi connectivity index (χ0v) is 29.3. The molecule has 3 unspecified atom stereocenters. The lowest BCUT2D eigenvalue weighted by Crippen LogP contribution is -2.08. The summed E-state index contributed by atoms with van der Waals surface area (Å²) in [7, 11) is 0. The number of rotatable bonds is 7. The average molecular weight is 684 g/mol. The number of nitrogens with zero attached hydrogens (tertiary/aromatic N) is 5. The molecule has 0 N–H and O–H groups in total. The van der Waals surface area contributed by atoms with Gasteiger partial charge in [0.2, 0.25) is 0 Å². The summed E-state index contributed by atoms with van der Waals surface area (Å²) in [4.78, 5) is 25.4. The van der Waals surface area contributed by atoms with Crippen molar-refractivity contribution in [2.75, 3.05) is 0 Å². The summed E-state index contributed by atoms with van der Waals surface area (Å²) >= 11 is 0. The van der Waals surface area contributed by atoms with Crippen LogP contribution in [0.1, 0.15) is 37.2 Å². The Morgan fingerprint density at radius 2 is 0.887 bits per heavy atom. The van der Waals surface area contributed by atoms with E-state index in [1.54, 1.807) is 0 Å². The van der Waals surface area contributed by atoms with Gasteiger partial charge in [0, 0.05) is 33.4 Å². The third-order valence-corrected chi connectivity index (χ3v) is 11.3. The molecule has 5 heteroatoms. The Hall–Kier alpha value is -6.33. The Kier molecular flexibility index (Phi) is 7.90. The lowest BCUT2D eigenvalue weighted by Gasteiger charge is -2.22. The second-order valence-electron chi connectivity index (χ2n) is 14.5. The molecule has 5 nitrogen and oxygen atoms in total. The maximum absolute atomic E-state index is 5.21. The molecule has 2 aliphatic rings. The zero-order chi connectivity index (χ0) is 35.1. The molecule has 0 radical (unpaired) electrons. The highest BCUT2D eigenvalue weighted by Gasteiger charge is 2.40. The average Bonchev–Trinajstić information content (AvgIpc) is 3.89. The predicted octanol–water partition coefficient (Wildman–Crippen LogP) is 11.7. The van der Waals surface area contributed by atoms with Gasteiger partial charge in [-0.15, -0.1) is 0 Å². The molecule has 53 heavy (non-hydrogen) atoms. The summed E-state index contributed by atoms with van der Waals surface area (Å²) < 4.78 is 0. The van der Waals surface area contributed by atoms with Crippen molar-refractivity contribution in [1.82, 2.24) is 24.9 Å². The van der Waals surface area contributed by atoms with Crippen LogP contribution < -0.4 is 0 Å². The highest BCUT2D eigenvalue weighted by atomic mass is 15.0. The van der Waals surface area contributed by atoms with Crippen LogP contribution in [-0.4, -0.2) is 24.9 Å². The molecule has 2 fully saturated rings. The first-order valence-corrected chi connectivity index (χ1v) is 18.7. The van der Waals surface area contributed by atoms with Crippen LogP contribution in [0.3, 0.4) is 0 Å². The molecule has 8 aromatic rings. The number of fused-ring (bicyclic) bond motifs is 3. The Labute approximate surface area is 309 Å². The summed E-state index contributed by atoms with van der Waals surface area (Å²) in [6.45, 7) is 0. The van der Waals surface area contributed by atoms with E-state index in [9.17, 15) is 0 Å². The zero-order valence-electron chi connectivity index (χ0n) is 29.3. The molecule has 6 aromatic carbocycles. The first-order chi connectivity index (χ1) is 26.2. The van der Waals surface area contributed by atoms with E-state index >= 15 is 0 Å². The minimum absolute atomic E-state index is 0.629. The van der Waals surface area contributed by atoms with Crippen LogP contribution in [0.25, 0.3) is 78.8 Å². The van der Waals surface area contributed by atoms with Gasteiger partial charge in [-0.05, 0) is 65.5 Å². The standard InChI is InChI=1S/C48H37N5/c1-4-12-34(13-5-1)45-49-43(33-24-22-32(23-25-33)42-29-31-20-21-37(42)28-31)30-44(50-45)40-26-27-41(39-19-11-10-18-38(39)40)48-52-46(35-14-6-2-7-15-35)51-47(53-48)36-16-8-3-9-17-36/h1-19,22-27,30-31,37,42H,20-21,28-29H2. The van der Waals surface area contributed by atoms with Crippen LogP contribution in [0, 0.1) is 11.8 Å². The van der Waals surface area contributed by atoms with Gasteiger partial charge in [0.15, 0.2) is 23.3 Å². The van der Waals surface area contributed by atoms with Gasteiger partial charge in [0.05, 0.1) is 11.4 Å². The largest absolute Gasteiger partial charge is 0.228 e. The van der Waals surface area contributed by atoms with E-state index in [0.717, 1.165) is 67.4 Å². The van der Waals surface area contributed by atoms with Crippen molar-refractivity contribution in [3.63, 3.8) is 0 Å². The van der Waals surface area contributed by atoms with Crippen LogP contribution >= 0.6 is 0 Å². The van der Waals surface area contributed by atoms with E-state index in [1.165, 1.54) is 31.2 Å². The number of hydrogen-bond donors (Lipinski definition) is 0. The van der Waals surface area contributed by atoms with Crippen molar-refractivity contribution >= 4 is 10.8 Å². The highest BCUT2D eigenvalue weighted by Crippen LogP contribution is 2.53. The lowest BCUT2D eigenvalue weighted by molar-refractivity contribution is 0.420. The second-order valence-corrected chi connectivity index (χ2v) is 14.5. The molecular formula is C48H37N5. The molecule has 2 bridgehead atoms. The minimum Gasteiger partial charge on any atom is -0.228 e. The van der Waals surface area contributed by atoms with Gasteiger partial charge < -0.3 is 0 Å². The molecular weight excluding hydrogens is 647 g/mol. The van der Waals surface area contributed by atoms with Gasteiger partial charge in [-0.1, -0.05) is 152 Å². The Morgan fingerprint density at radius 3 is 1.45 bits per heavy atom. The summed E-state index contributed by atoms with van der Waals surface area (Å²) in [5, 5.41) is 2.12. The van der Waals surface area contributed by atoms with E-state index in [4.69, 9.17) is 24.9 Å². The van der Waals surface area contributed by atoms with Crippen LogP contribution in [0.4, 0.5) is 0 Å². The molecule has 0 aliphatic heterocycles. The van der Waals surface area contributed by atoms with E-state index in [1.807, 2.05) is 78.9 Å². The Bertz CT molecular complexity index is 2510. The van der Waals surface area contributed by atoms with Crippen molar-refractivity contribution in [3.05, 3.63) is 163 Å². The first kappa shape index (κ1) is 31.4. The monoisotopic (exact) mass is 683 g/mol. The summed E-state index contributed by atoms with van der Waals surface area (Å²) in [5.74, 6) is 5.09. The fourth-order valence-corrected chi connectivity index (χ4v) is 8.65. The molecule has 2 saturated carbocycles. The Morgan fingerprint density at radius 1 is 0.377 bits per heavy atom. The molecule has 2 heterocycles. The SMILES string of the molecule is c1ccc(-c2nc(-c3ccc(C4CC5CCC4C5)cc3)cc(-c3ccc(-c4nc(-c5ccccc5)nc(-c5ccccc5)n4)c4ccccc34)n2)cc1. The van der Waals surface area contributed by atoms with Gasteiger partial charge in [-0.25, -0.2) is 24.9 Å². The molecule has 2 aliphatic carbocycles. The summed E-state index contributed by atoms with van der Waals surface area (Å²) in [6, 6.07) is 54.6. The topological polar surface area (TPSA) is 64.5 Å². The minimum atomic E-state index is 0.629. The van der Waals surface area contributed by atoms with Gasteiger partial charge in [0.25, 0.3) is 0 Å². The fourth-order valence-electron chi connectivity index (χ4n) is 8.65. The predicted molar refractivity (Wildman–Crippen MR) is 214 cm³/mol. The molecule has 0 amide bonds. The number of hydrogen-bond acceptors (Lipinski definition) is 5. The molecule has 0 spiro atoms. The van der Waals surface area contributed by atoms with E-state index < -0.39 is 0 Å². The van der Waals surface area contributed by atoms with Crippen molar-refractivity contribution in [2.45, 2.75) is 31.6 Å². The number of benzene rings is 6. The van der Waals surface area contributed by atoms with Gasteiger partial charge in [0.1, 0.15) is 0 Å². The van der Waals surface area contributed by atoms with Crippen molar-refractivity contribution < 1.29 is 0 Å². The maximum Gasteiger partial charge on any atom is 0.164 e. The van der Waals surface area contributed by atoms with Crippen LogP contribution in [0.5, 0.6) is 0 Å². The normalized spacial score (nSPS) is 17.7. The third kappa shape index (κ3) is 5.98. The fraction of sp³-hybridized carbons (Fsp3) is 0.146. The molecule has 2 aromatic heterocycles. The lowest BCUT2D eigenvalue weighted by atomic mass is 9.83. The molecule has 10 rings (SSSR count). The van der Waals surface area contributed by atoms with Crippen LogP contribution in [0.2, 0.25) is 0 Å². The van der Waals surface area contributed by atoms with Gasteiger partial charge in [-0.2, -0.15) is 0 Å². The maximum atomic E-state index is 5.21. The highest BCUT2D eigenvalue weighted by molar-refractivity contribution is 6.04. The van der Waals surface area contributed by atoms with Gasteiger partial charge >= 0.3 is 0 Å². The quantitative estimate of drug-likeness (QED) is 0.167. The van der Waals surface area contributed by atoms with E-state index in [-0.39, 0.29) is 0 Å². The summed E-state index contributed by atoms with van der Waals surface area (Å²) in [5.41, 5.74) is 9.22. The molecule has 3 atom stereocenters. The first-order valence-electron chi connectivity index (χ1n) is 18.7. The summed E-state index contributed by atoms with van der Waals surface area (Å²) in [6.07, 6.45) is 5.55. The molecule has 254 valence electrons. The smallest absolute Gasteiger partial charge is 0.164 e. The van der Waals surface area contributed by atoms with Crippen molar-refractivity contribution in [3.8, 4) is 68.1 Å². The van der Waals surface area contributed by atoms with Crippen molar-refractivity contribution in [2.24, 2.45) is 11.8 Å². The van der Waals surface area contributed by atoms with E-state index in [0.29, 0.717) is 29.2 Å². The van der Waals surface area contributed by atoms with Crippen LogP contribution in [-0.2, 0) is 0 Å². The third-order valence-electron chi connectivity index (χ3n) is 11.3. The Balaban J connectivity index is 1.10. The molecule has 0 saturated heterocycles. The van der Waals surface area contributed by atoms with E-state index in [2.05, 4.69) is 78.9 Å². The second kappa shape index (κ2) is 13.3. The van der Waals surface area contributed by atoms with Gasteiger partial charge in [-0.3, -0.25) is 0 Å². The van der Waals surface area contributed by atoms with Crippen molar-refractivity contribution in [1.29, 1.82) is 0 Å².